The Balaban J connectivity index is 1.77. The van der Waals surface area contributed by atoms with Crippen LogP contribution in [0.25, 0.3) is 33.2 Å². The van der Waals surface area contributed by atoms with Gasteiger partial charge in [-0.2, -0.15) is 0 Å². The second-order valence-electron chi connectivity index (χ2n) is 9.18. The summed E-state index contributed by atoms with van der Waals surface area (Å²) in [5, 5.41) is 5.62. The largest absolute Gasteiger partial charge is 0.264 e. The van der Waals surface area contributed by atoms with E-state index in [-0.39, 0.29) is 5.41 Å². The number of pyridine rings is 2. The summed E-state index contributed by atoms with van der Waals surface area (Å²) < 4.78 is 0. The van der Waals surface area contributed by atoms with Crippen LogP contribution in [0.1, 0.15) is 25.0 Å². The average molecular weight is 379 g/mol. The van der Waals surface area contributed by atoms with Gasteiger partial charge in [0.1, 0.15) is 8.07 Å². The molecule has 0 spiro atoms. The normalized spacial score (nSPS) is 17.1. The van der Waals surface area contributed by atoms with Gasteiger partial charge >= 0.3 is 0 Å². The molecule has 2 aromatic carbocycles. The third-order valence-corrected chi connectivity index (χ3v) is 10.5. The van der Waals surface area contributed by atoms with E-state index in [1.165, 1.54) is 43.8 Å². The molecule has 0 fully saturated rings. The molecule has 136 valence electrons. The quantitative estimate of drug-likeness (QED) is 0.413. The molecule has 1 aliphatic carbocycles. The van der Waals surface area contributed by atoms with Crippen molar-refractivity contribution in [1.82, 2.24) is 9.97 Å². The number of aromatic nitrogens is 2. The van der Waals surface area contributed by atoms with Crippen molar-refractivity contribution in [3.63, 3.8) is 0 Å². The Morgan fingerprint density at radius 2 is 1.71 bits per heavy atom. The van der Waals surface area contributed by atoms with Crippen LogP contribution in [0, 0.1) is 0 Å². The van der Waals surface area contributed by atoms with Crippen LogP contribution < -0.4 is 10.4 Å². The molecule has 3 heteroatoms. The smallest absolute Gasteiger partial charge is 0.113 e. The monoisotopic (exact) mass is 378 g/mol. The van der Waals surface area contributed by atoms with E-state index in [1.807, 2.05) is 18.6 Å². The maximum absolute atomic E-state index is 4.77. The highest BCUT2D eigenvalue weighted by Crippen LogP contribution is 2.52. The Hall–Kier alpha value is -2.78. The maximum Gasteiger partial charge on any atom is 0.113 e. The minimum atomic E-state index is -1.76. The number of fused-ring (bicyclic) bond motifs is 8. The molecule has 3 heterocycles. The molecule has 0 atom stereocenters. The van der Waals surface area contributed by atoms with Gasteiger partial charge in [0.15, 0.2) is 0 Å². The van der Waals surface area contributed by atoms with Crippen molar-refractivity contribution in [1.29, 1.82) is 0 Å². The molecule has 0 bridgehead atoms. The molecule has 28 heavy (non-hydrogen) atoms. The lowest BCUT2D eigenvalue weighted by molar-refractivity contribution is 0.661. The predicted molar refractivity (Wildman–Crippen MR) is 119 cm³/mol. The zero-order chi connectivity index (χ0) is 19.3. The summed E-state index contributed by atoms with van der Waals surface area (Å²) in [4.78, 5) is 9.12. The minimum Gasteiger partial charge on any atom is -0.264 e. The first-order valence-electron chi connectivity index (χ1n) is 9.93. The summed E-state index contributed by atoms with van der Waals surface area (Å²) in [6, 6.07) is 16.0. The third-order valence-electron chi connectivity index (χ3n) is 6.96. The molecule has 2 aliphatic rings. The van der Waals surface area contributed by atoms with Crippen molar-refractivity contribution < 1.29 is 0 Å². The second-order valence-corrected chi connectivity index (χ2v) is 13.5. The number of hydrogen-bond acceptors (Lipinski definition) is 2. The standard InChI is InChI=1S/C25H22N2Si/c1-25(2)19-6-5-10-27-24(19)17-7-8-20-22(23(17)25)18-12-15-9-11-26-14-16(15)13-21(18)28(20,3)4/h5-14H,1-4H3. The van der Waals surface area contributed by atoms with Gasteiger partial charge in [0.05, 0.1) is 5.69 Å². The topological polar surface area (TPSA) is 25.8 Å². The van der Waals surface area contributed by atoms with Gasteiger partial charge in [-0.05, 0) is 61.6 Å². The lowest BCUT2D eigenvalue weighted by Crippen LogP contribution is -2.49. The summed E-state index contributed by atoms with van der Waals surface area (Å²) in [5.74, 6) is 0. The van der Waals surface area contributed by atoms with Crippen molar-refractivity contribution in [2.75, 3.05) is 0 Å². The van der Waals surface area contributed by atoms with Gasteiger partial charge in [-0.25, -0.2) is 0 Å². The molecule has 0 unspecified atom stereocenters. The van der Waals surface area contributed by atoms with E-state index in [0.717, 1.165) is 5.69 Å². The second kappa shape index (κ2) is 4.98. The van der Waals surface area contributed by atoms with E-state index >= 15 is 0 Å². The molecule has 0 N–H and O–H groups in total. The van der Waals surface area contributed by atoms with Crippen LogP contribution in [-0.2, 0) is 5.41 Å². The molecule has 4 aromatic rings. The van der Waals surface area contributed by atoms with Gasteiger partial charge in [-0.1, -0.05) is 51.2 Å². The first kappa shape index (κ1) is 16.2. The highest BCUT2D eigenvalue weighted by molar-refractivity contribution is 7.04. The van der Waals surface area contributed by atoms with Gasteiger partial charge in [-0.3, -0.25) is 9.97 Å². The lowest BCUT2D eigenvalue weighted by Gasteiger charge is -2.25. The Morgan fingerprint density at radius 3 is 2.57 bits per heavy atom. The van der Waals surface area contributed by atoms with E-state index in [2.05, 4.69) is 74.4 Å². The SMILES string of the molecule is CC1(C)c2cccnc2-c2ccc3c(c21)-c1cc2ccncc2cc1[Si]3(C)C. The molecular formula is C25H22N2Si. The van der Waals surface area contributed by atoms with E-state index in [1.54, 1.807) is 5.19 Å². The molecule has 0 saturated heterocycles. The Bertz CT molecular complexity index is 1320. The number of benzene rings is 2. The molecule has 0 radical (unpaired) electrons. The van der Waals surface area contributed by atoms with Gasteiger partial charge in [-0.15, -0.1) is 0 Å². The van der Waals surface area contributed by atoms with Gasteiger partial charge in [0.25, 0.3) is 0 Å². The van der Waals surface area contributed by atoms with Gasteiger partial charge in [0, 0.05) is 29.6 Å². The van der Waals surface area contributed by atoms with Crippen molar-refractivity contribution in [3.05, 3.63) is 72.2 Å². The van der Waals surface area contributed by atoms with Gasteiger partial charge in [0.2, 0.25) is 0 Å². The number of nitrogens with zero attached hydrogens (tertiary/aromatic N) is 2. The molecule has 1 aliphatic heterocycles. The molecule has 0 amide bonds. The van der Waals surface area contributed by atoms with Crippen molar-refractivity contribution in [2.45, 2.75) is 32.4 Å². The van der Waals surface area contributed by atoms with Crippen molar-refractivity contribution >= 4 is 29.2 Å². The molecule has 2 aromatic heterocycles. The van der Waals surface area contributed by atoms with Crippen LogP contribution >= 0.6 is 0 Å². The van der Waals surface area contributed by atoms with Crippen LogP contribution in [0.2, 0.25) is 13.1 Å². The lowest BCUT2D eigenvalue weighted by atomic mass is 9.79. The van der Waals surface area contributed by atoms with Crippen LogP contribution in [0.5, 0.6) is 0 Å². The fourth-order valence-corrected chi connectivity index (χ4v) is 8.58. The minimum absolute atomic E-state index is 0.0381. The van der Waals surface area contributed by atoms with E-state index in [9.17, 15) is 0 Å². The Kier molecular flexibility index (Phi) is 2.88. The van der Waals surface area contributed by atoms with Crippen LogP contribution in [0.4, 0.5) is 0 Å². The first-order chi connectivity index (χ1) is 13.4. The zero-order valence-electron chi connectivity index (χ0n) is 16.7. The van der Waals surface area contributed by atoms with Crippen molar-refractivity contribution in [2.24, 2.45) is 0 Å². The van der Waals surface area contributed by atoms with Crippen LogP contribution in [0.3, 0.4) is 0 Å². The summed E-state index contributed by atoms with van der Waals surface area (Å²) >= 11 is 0. The highest BCUT2D eigenvalue weighted by atomic mass is 28.3. The molecular weight excluding hydrogens is 356 g/mol. The van der Waals surface area contributed by atoms with Gasteiger partial charge < -0.3 is 0 Å². The summed E-state index contributed by atoms with van der Waals surface area (Å²) in [6.45, 7) is 9.69. The van der Waals surface area contributed by atoms with Crippen LogP contribution in [-0.4, -0.2) is 18.0 Å². The summed E-state index contributed by atoms with van der Waals surface area (Å²) in [6.07, 6.45) is 5.81. The fourth-order valence-electron chi connectivity index (χ4n) is 5.51. The third kappa shape index (κ3) is 1.78. The average Bonchev–Trinajstić information content (AvgIpc) is 3.06. The highest BCUT2D eigenvalue weighted by Gasteiger charge is 2.45. The zero-order valence-corrected chi connectivity index (χ0v) is 17.7. The predicted octanol–water partition coefficient (Wildman–Crippen LogP) is 4.74. The summed E-state index contributed by atoms with van der Waals surface area (Å²) in [5.41, 5.74) is 8.15. The van der Waals surface area contributed by atoms with Crippen molar-refractivity contribution in [3.8, 4) is 22.4 Å². The molecule has 6 rings (SSSR count). The maximum atomic E-state index is 4.77. The number of hydrogen-bond donors (Lipinski definition) is 0. The fraction of sp³-hybridized carbons (Fsp3) is 0.200. The Morgan fingerprint density at radius 1 is 0.857 bits per heavy atom. The van der Waals surface area contributed by atoms with E-state index in [4.69, 9.17) is 4.98 Å². The molecule has 2 nitrogen and oxygen atoms in total. The summed E-state index contributed by atoms with van der Waals surface area (Å²) in [7, 11) is -1.76. The van der Waals surface area contributed by atoms with E-state index in [0.29, 0.717) is 0 Å². The first-order valence-corrected chi connectivity index (χ1v) is 12.9. The van der Waals surface area contributed by atoms with E-state index < -0.39 is 8.07 Å². The molecule has 0 saturated carbocycles. The number of rotatable bonds is 0. The Labute approximate surface area is 166 Å². The van der Waals surface area contributed by atoms with Crippen LogP contribution in [0.15, 0.2) is 61.1 Å².